The fourth-order valence-corrected chi connectivity index (χ4v) is 5.77. The van der Waals surface area contributed by atoms with Crippen LogP contribution in [0.5, 0.6) is 0 Å². The summed E-state index contributed by atoms with van der Waals surface area (Å²) in [4.78, 5) is 0. The van der Waals surface area contributed by atoms with E-state index in [0.29, 0.717) is 0 Å². The molecule has 0 N–H and O–H groups in total. The Morgan fingerprint density at radius 2 is 0.600 bits per heavy atom. The van der Waals surface area contributed by atoms with E-state index in [1.165, 1.54) is 32.7 Å². The van der Waals surface area contributed by atoms with Crippen molar-refractivity contribution >= 4 is 43.1 Å². The first-order valence-corrected chi connectivity index (χ1v) is 13.6. The molecular formula is C40H26. The summed E-state index contributed by atoms with van der Waals surface area (Å²) in [6.45, 7) is 4.31. The van der Waals surface area contributed by atoms with E-state index >= 15 is 0 Å². The number of benzene rings is 7. The Kier molecular flexibility index (Phi) is 5.82. The summed E-state index contributed by atoms with van der Waals surface area (Å²) in [6.07, 6.45) is 0. The Balaban J connectivity index is 1.47. The third-order valence-corrected chi connectivity index (χ3v) is 7.86. The van der Waals surface area contributed by atoms with Crippen LogP contribution in [-0.4, -0.2) is 0 Å². The highest BCUT2D eigenvalue weighted by atomic mass is 14.1. The van der Waals surface area contributed by atoms with Gasteiger partial charge in [-0.25, -0.2) is 0 Å². The van der Waals surface area contributed by atoms with Crippen LogP contribution in [0.3, 0.4) is 0 Å². The molecule has 7 rings (SSSR count). The quantitative estimate of drug-likeness (QED) is 0.142. The maximum absolute atomic E-state index is 3.59. The highest BCUT2D eigenvalue weighted by molar-refractivity contribution is 6.10. The van der Waals surface area contributed by atoms with E-state index in [9.17, 15) is 0 Å². The number of hydrogen-bond donors (Lipinski definition) is 0. The minimum atomic E-state index is 1.04. The first-order valence-electron chi connectivity index (χ1n) is 13.6. The molecule has 0 aliphatic heterocycles. The van der Waals surface area contributed by atoms with Crippen molar-refractivity contribution in [1.82, 2.24) is 0 Å². The van der Waals surface area contributed by atoms with E-state index in [1.54, 1.807) is 0 Å². The minimum Gasteiger partial charge on any atom is -0.0616 e. The molecule has 0 aliphatic rings. The highest BCUT2D eigenvalue weighted by Crippen LogP contribution is 2.33. The lowest BCUT2D eigenvalue weighted by atomic mass is 9.91. The monoisotopic (exact) mass is 506 g/mol. The Labute approximate surface area is 234 Å². The number of rotatable bonds is 0. The normalized spacial score (nSPS) is 10.8. The molecule has 0 spiro atoms. The predicted molar refractivity (Wildman–Crippen MR) is 171 cm³/mol. The number of fused-ring (bicyclic) bond motifs is 4. The molecule has 0 radical (unpaired) electrons. The van der Waals surface area contributed by atoms with Crippen LogP contribution in [0.15, 0.2) is 121 Å². The summed E-state index contributed by atoms with van der Waals surface area (Å²) in [5.41, 5.74) is 6.71. The van der Waals surface area contributed by atoms with E-state index < -0.39 is 0 Å². The van der Waals surface area contributed by atoms with Crippen LogP contribution in [0.25, 0.3) is 43.1 Å². The molecule has 7 aromatic carbocycles. The molecule has 0 amide bonds. The molecule has 40 heavy (non-hydrogen) atoms. The second-order valence-electron chi connectivity index (χ2n) is 10.3. The SMILES string of the molecule is Cc1ccc(C#Cc2c3ccccc3c(C#Cc3ccc(C)c4ccccc34)c3ccccc23)c2ccccc12. The van der Waals surface area contributed by atoms with Gasteiger partial charge in [-0.1, -0.05) is 133 Å². The van der Waals surface area contributed by atoms with Crippen LogP contribution in [-0.2, 0) is 0 Å². The van der Waals surface area contributed by atoms with Gasteiger partial charge in [0, 0.05) is 22.3 Å². The van der Waals surface area contributed by atoms with Crippen LogP contribution < -0.4 is 0 Å². The average molecular weight is 507 g/mol. The fourth-order valence-electron chi connectivity index (χ4n) is 5.77. The van der Waals surface area contributed by atoms with Crippen LogP contribution in [0.4, 0.5) is 0 Å². The lowest BCUT2D eigenvalue weighted by Crippen LogP contribution is -1.91. The molecule has 0 aromatic heterocycles. The smallest absolute Gasteiger partial charge is 0.0406 e. The summed E-state index contributed by atoms with van der Waals surface area (Å²) in [6, 6.07) is 42.7. The van der Waals surface area contributed by atoms with Gasteiger partial charge in [-0.05, 0) is 80.2 Å². The van der Waals surface area contributed by atoms with Crippen LogP contribution >= 0.6 is 0 Å². The molecule has 0 bridgehead atoms. The van der Waals surface area contributed by atoms with Crippen molar-refractivity contribution in [2.75, 3.05) is 0 Å². The largest absolute Gasteiger partial charge is 0.0616 e. The van der Waals surface area contributed by atoms with Gasteiger partial charge in [0.05, 0.1) is 0 Å². The average Bonchev–Trinajstić information content (AvgIpc) is 3.01. The lowest BCUT2D eigenvalue weighted by Gasteiger charge is -2.11. The van der Waals surface area contributed by atoms with Crippen LogP contribution in [0.1, 0.15) is 33.4 Å². The van der Waals surface area contributed by atoms with Crippen molar-refractivity contribution in [3.8, 4) is 23.7 Å². The first-order chi connectivity index (χ1) is 19.7. The van der Waals surface area contributed by atoms with Crippen molar-refractivity contribution in [3.63, 3.8) is 0 Å². The Morgan fingerprint density at radius 3 is 0.950 bits per heavy atom. The summed E-state index contributed by atoms with van der Waals surface area (Å²) in [7, 11) is 0. The van der Waals surface area contributed by atoms with E-state index in [1.807, 2.05) is 0 Å². The molecule has 0 atom stereocenters. The standard InChI is InChI=1S/C40H26/c1-27-19-21-29(33-13-5-3-11-31(27)33)23-25-39-35-15-7-9-17-37(35)40(38-18-10-8-16-36(38)39)26-24-30-22-20-28(2)32-12-4-6-14-34(30)32/h3-22H,1-2H3. The number of hydrogen-bond acceptors (Lipinski definition) is 0. The lowest BCUT2D eigenvalue weighted by molar-refractivity contribution is 1.52. The van der Waals surface area contributed by atoms with Gasteiger partial charge in [0.2, 0.25) is 0 Å². The topological polar surface area (TPSA) is 0 Å². The van der Waals surface area contributed by atoms with Crippen molar-refractivity contribution in [2.45, 2.75) is 13.8 Å². The van der Waals surface area contributed by atoms with Crippen LogP contribution in [0, 0.1) is 37.5 Å². The van der Waals surface area contributed by atoms with Gasteiger partial charge in [0.15, 0.2) is 0 Å². The molecule has 0 unspecified atom stereocenters. The third-order valence-electron chi connectivity index (χ3n) is 7.86. The third kappa shape index (κ3) is 3.99. The molecule has 0 saturated heterocycles. The van der Waals surface area contributed by atoms with Gasteiger partial charge < -0.3 is 0 Å². The molecule has 0 heteroatoms. The molecule has 0 saturated carbocycles. The minimum absolute atomic E-state index is 1.04. The van der Waals surface area contributed by atoms with E-state index in [-0.39, 0.29) is 0 Å². The molecule has 186 valence electrons. The van der Waals surface area contributed by atoms with Crippen molar-refractivity contribution in [3.05, 3.63) is 155 Å². The summed E-state index contributed by atoms with van der Waals surface area (Å²) >= 11 is 0. The molecule has 7 aromatic rings. The van der Waals surface area contributed by atoms with E-state index in [2.05, 4.69) is 159 Å². The molecule has 0 heterocycles. The second-order valence-corrected chi connectivity index (χ2v) is 10.3. The Hall–Kier alpha value is -5.30. The maximum Gasteiger partial charge on any atom is 0.0406 e. The fraction of sp³-hybridized carbons (Fsp3) is 0.0500. The summed E-state index contributed by atoms with van der Waals surface area (Å²) < 4.78 is 0. The zero-order chi connectivity index (χ0) is 27.1. The van der Waals surface area contributed by atoms with Gasteiger partial charge in [-0.15, -0.1) is 0 Å². The zero-order valence-corrected chi connectivity index (χ0v) is 22.5. The maximum atomic E-state index is 3.59. The van der Waals surface area contributed by atoms with E-state index in [0.717, 1.165) is 43.8 Å². The Bertz CT molecular complexity index is 2020. The van der Waals surface area contributed by atoms with Gasteiger partial charge in [0.1, 0.15) is 0 Å². The highest BCUT2D eigenvalue weighted by Gasteiger charge is 2.12. The number of aryl methyl sites for hydroxylation is 2. The van der Waals surface area contributed by atoms with Gasteiger partial charge in [-0.3, -0.25) is 0 Å². The van der Waals surface area contributed by atoms with Gasteiger partial charge >= 0.3 is 0 Å². The molecular weight excluding hydrogens is 480 g/mol. The molecule has 0 aliphatic carbocycles. The van der Waals surface area contributed by atoms with Crippen molar-refractivity contribution in [1.29, 1.82) is 0 Å². The summed E-state index contributed by atoms with van der Waals surface area (Å²) in [5.74, 6) is 14.2. The van der Waals surface area contributed by atoms with Gasteiger partial charge in [-0.2, -0.15) is 0 Å². The predicted octanol–water partition coefficient (Wildman–Crippen LogP) is 9.72. The molecule has 0 nitrogen and oxygen atoms in total. The van der Waals surface area contributed by atoms with Gasteiger partial charge in [0.25, 0.3) is 0 Å². The first kappa shape index (κ1) is 23.8. The molecule has 0 fully saturated rings. The van der Waals surface area contributed by atoms with E-state index in [4.69, 9.17) is 0 Å². The van der Waals surface area contributed by atoms with Crippen molar-refractivity contribution in [2.24, 2.45) is 0 Å². The van der Waals surface area contributed by atoms with Crippen molar-refractivity contribution < 1.29 is 0 Å². The summed E-state index contributed by atoms with van der Waals surface area (Å²) in [5, 5.41) is 9.39. The van der Waals surface area contributed by atoms with Crippen LogP contribution in [0.2, 0.25) is 0 Å². The second kappa shape index (κ2) is 9.78. The zero-order valence-electron chi connectivity index (χ0n) is 22.5. The Morgan fingerprint density at radius 1 is 0.300 bits per heavy atom.